The Morgan fingerprint density at radius 3 is 2.82 bits per heavy atom. The van der Waals surface area contributed by atoms with Crippen LogP contribution in [-0.2, 0) is 16.0 Å². The van der Waals surface area contributed by atoms with Crippen LogP contribution in [0.2, 0.25) is 0 Å². The van der Waals surface area contributed by atoms with Crippen molar-refractivity contribution in [1.29, 1.82) is 0 Å². The molecule has 5 heteroatoms. The topological polar surface area (TPSA) is 37.8 Å². The fraction of sp³-hybridized carbons (Fsp3) is 0.706. The molecule has 0 aromatic carbocycles. The van der Waals surface area contributed by atoms with Crippen molar-refractivity contribution in [2.45, 2.75) is 32.4 Å². The van der Waals surface area contributed by atoms with E-state index in [9.17, 15) is 0 Å². The molecule has 124 valence electrons. The number of ether oxygens (including phenoxy) is 2. The molecule has 2 heterocycles. The number of hydrogen-bond acceptors (Lipinski definition) is 5. The summed E-state index contributed by atoms with van der Waals surface area (Å²) < 4.78 is 11.0. The second-order valence-corrected chi connectivity index (χ2v) is 6.49. The van der Waals surface area contributed by atoms with Gasteiger partial charge in [-0.15, -0.1) is 0 Å². The first-order chi connectivity index (χ1) is 10.5. The maximum absolute atomic E-state index is 5.76. The summed E-state index contributed by atoms with van der Waals surface area (Å²) in [5.41, 5.74) is 3.53. The lowest BCUT2D eigenvalue weighted by Gasteiger charge is -2.35. The Labute approximate surface area is 134 Å². The molecular formula is C17H29N3O2. The van der Waals surface area contributed by atoms with E-state index in [2.05, 4.69) is 49.9 Å². The van der Waals surface area contributed by atoms with Gasteiger partial charge < -0.3 is 19.3 Å². The van der Waals surface area contributed by atoms with Crippen molar-refractivity contribution in [1.82, 2.24) is 9.88 Å². The summed E-state index contributed by atoms with van der Waals surface area (Å²) in [6.07, 6.45) is 0.135. The van der Waals surface area contributed by atoms with Gasteiger partial charge in [0.25, 0.3) is 0 Å². The fourth-order valence-electron chi connectivity index (χ4n) is 2.76. The zero-order valence-corrected chi connectivity index (χ0v) is 14.5. The van der Waals surface area contributed by atoms with Crippen LogP contribution in [0.5, 0.6) is 0 Å². The second-order valence-electron chi connectivity index (χ2n) is 6.49. The van der Waals surface area contributed by atoms with E-state index in [4.69, 9.17) is 14.5 Å². The maximum atomic E-state index is 5.76. The van der Waals surface area contributed by atoms with Gasteiger partial charge in [0.05, 0.1) is 30.7 Å². The van der Waals surface area contributed by atoms with Gasteiger partial charge in [0.2, 0.25) is 0 Å². The minimum atomic E-state index is 0.135. The van der Waals surface area contributed by atoms with Gasteiger partial charge in [-0.3, -0.25) is 4.98 Å². The third-order valence-corrected chi connectivity index (χ3v) is 3.86. The third kappa shape index (κ3) is 4.41. The molecule has 1 aliphatic heterocycles. The lowest BCUT2D eigenvalue weighted by Crippen LogP contribution is -2.45. The Balaban J connectivity index is 2.24. The molecule has 1 aromatic heterocycles. The van der Waals surface area contributed by atoms with E-state index in [1.54, 1.807) is 7.11 Å². The zero-order chi connectivity index (χ0) is 16.1. The van der Waals surface area contributed by atoms with Gasteiger partial charge in [-0.05, 0) is 32.1 Å². The van der Waals surface area contributed by atoms with E-state index < -0.39 is 0 Å². The number of pyridine rings is 1. The summed E-state index contributed by atoms with van der Waals surface area (Å²) in [5.74, 6) is 0.445. The highest BCUT2D eigenvalue weighted by atomic mass is 16.5. The van der Waals surface area contributed by atoms with Crippen molar-refractivity contribution in [2.24, 2.45) is 0 Å². The van der Waals surface area contributed by atoms with Gasteiger partial charge in [-0.1, -0.05) is 13.8 Å². The predicted octanol–water partition coefficient (Wildman–Crippen LogP) is 2.12. The SMILES string of the molecule is COC[C@H]1CN(c2ccc(C(C)C)nc2CN(C)C)CCO1. The lowest BCUT2D eigenvalue weighted by atomic mass is 10.1. The number of morpholine rings is 1. The second kappa shape index (κ2) is 7.90. The van der Waals surface area contributed by atoms with Crippen LogP contribution >= 0.6 is 0 Å². The van der Waals surface area contributed by atoms with Crippen LogP contribution in [0.3, 0.4) is 0 Å². The summed E-state index contributed by atoms with van der Waals surface area (Å²) >= 11 is 0. The molecular weight excluding hydrogens is 278 g/mol. The Bertz CT molecular complexity index is 475. The highest BCUT2D eigenvalue weighted by Crippen LogP contribution is 2.25. The molecule has 1 aromatic rings. The molecule has 2 rings (SSSR count). The minimum Gasteiger partial charge on any atom is -0.382 e. The lowest BCUT2D eigenvalue weighted by molar-refractivity contribution is -0.0101. The Morgan fingerprint density at radius 2 is 2.18 bits per heavy atom. The van der Waals surface area contributed by atoms with Crippen molar-refractivity contribution in [3.63, 3.8) is 0 Å². The normalized spacial score (nSPS) is 19.2. The first kappa shape index (κ1) is 17.2. The fourth-order valence-corrected chi connectivity index (χ4v) is 2.76. The van der Waals surface area contributed by atoms with E-state index >= 15 is 0 Å². The maximum Gasteiger partial charge on any atom is 0.0983 e. The van der Waals surface area contributed by atoms with Crippen molar-refractivity contribution in [3.8, 4) is 0 Å². The van der Waals surface area contributed by atoms with Crippen LogP contribution < -0.4 is 4.90 Å². The summed E-state index contributed by atoms with van der Waals surface area (Å²) in [6, 6.07) is 4.37. The molecule has 0 radical (unpaired) electrons. The largest absolute Gasteiger partial charge is 0.382 e. The molecule has 0 amide bonds. The molecule has 1 saturated heterocycles. The van der Waals surface area contributed by atoms with Crippen molar-refractivity contribution in [2.75, 3.05) is 52.4 Å². The van der Waals surface area contributed by atoms with E-state index in [1.165, 1.54) is 5.69 Å². The van der Waals surface area contributed by atoms with Crippen molar-refractivity contribution >= 4 is 5.69 Å². The van der Waals surface area contributed by atoms with Gasteiger partial charge in [-0.2, -0.15) is 0 Å². The molecule has 0 saturated carbocycles. The number of hydrogen-bond donors (Lipinski definition) is 0. The number of anilines is 1. The zero-order valence-electron chi connectivity index (χ0n) is 14.5. The Morgan fingerprint density at radius 1 is 1.41 bits per heavy atom. The van der Waals surface area contributed by atoms with Crippen LogP contribution in [0.1, 0.15) is 31.2 Å². The summed E-state index contributed by atoms with van der Waals surface area (Å²) in [6.45, 7) is 8.36. The Kier molecular flexibility index (Phi) is 6.17. The van der Waals surface area contributed by atoms with Crippen molar-refractivity contribution in [3.05, 3.63) is 23.5 Å². The average molecular weight is 307 g/mol. The molecule has 0 aliphatic carbocycles. The first-order valence-corrected chi connectivity index (χ1v) is 8.01. The van der Waals surface area contributed by atoms with Gasteiger partial charge in [0, 0.05) is 32.4 Å². The van der Waals surface area contributed by atoms with Crippen LogP contribution in [-0.4, -0.2) is 63.5 Å². The van der Waals surface area contributed by atoms with Gasteiger partial charge in [-0.25, -0.2) is 0 Å². The monoisotopic (exact) mass is 307 g/mol. The highest BCUT2D eigenvalue weighted by Gasteiger charge is 2.23. The molecule has 0 bridgehead atoms. The van der Waals surface area contributed by atoms with E-state index in [-0.39, 0.29) is 6.10 Å². The molecule has 1 atom stereocenters. The Hall–Kier alpha value is -1.17. The summed E-state index contributed by atoms with van der Waals surface area (Å²) in [7, 11) is 5.89. The van der Waals surface area contributed by atoms with E-state index in [0.29, 0.717) is 12.5 Å². The van der Waals surface area contributed by atoms with Crippen LogP contribution in [0.4, 0.5) is 5.69 Å². The highest BCUT2D eigenvalue weighted by molar-refractivity contribution is 5.52. The predicted molar refractivity (Wildman–Crippen MR) is 89.5 cm³/mol. The number of nitrogens with zero attached hydrogens (tertiary/aromatic N) is 3. The standard InChI is InChI=1S/C17H29N3O2/c1-13(2)15-6-7-17(16(18-15)11-19(3)4)20-8-9-22-14(10-20)12-21-5/h6-7,13-14H,8-12H2,1-5H3/t14-/m1/s1. The van der Waals surface area contributed by atoms with Crippen LogP contribution in [0.25, 0.3) is 0 Å². The van der Waals surface area contributed by atoms with Crippen molar-refractivity contribution < 1.29 is 9.47 Å². The molecule has 0 N–H and O–H groups in total. The quantitative estimate of drug-likeness (QED) is 0.805. The summed E-state index contributed by atoms with van der Waals surface area (Å²) in [4.78, 5) is 9.45. The smallest absolute Gasteiger partial charge is 0.0983 e. The number of aromatic nitrogens is 1. The molecule has 1 fully saturated rings. The molecule has 0 spiro atoms. The first-order valence-electron chi connectivity index (χ1n) is 8.01. The molecule has 0 unspecified atom stereocenters. The number of rotatable bonds is 6. The van der Waals surface area contributed by atoms with Gasteiger partial charge in [0.15, 0.2) is 0 Å². The summed E-state index contributed by atoms with van der Waals surface area (Å²) in [5, 5.41) is 0. The van der Waals surface area contributed by atoms with Gasteiger partial charge >= 0.3 is 0 Å². The number of methoxy groups -OCH3 is 1. The third-order valence-electron chi connectivity index (χ3n) is 3.86. The van der Waals surface area contributed by atoms with Crippen LogP contribution in [0.15, 0.2) is 12.1 Å². The molecule has 5 nitrogen and oxygen atoms in total. The molecule has 22 heavy (non-hydrogen) atoms. The van der Waals surface area contributed by atoms with E-state index in [1.807, 2.05) is 0 Å². The molecule has 1 aliphatic rings. The minimum absolute atomic E-state index is 0.135. The average Bonchev–Trinajstić information content (AvgIpc) is 2.47. The van der Waals surface area contributed by atoms with E-state index in [0.717, 1.165) is 37.6 Å². The van der Waals surface area contributed by atoms with Gasteiger partial charge in [0.1, 0.15) is 0 Å². The van der Waals surface area contributed by atoms with Crippen LogP contribution in [0, 0.1) is 0 Å².